The van der Waals surface area contributed by atoms with E-state index in [9.17, 15) is 19.2 Å². The van der Waals surface area contributed by atoms with E-state index in [-0.39, 0.29) is 43.7 Å². The summed E-state index contributed by atoms with van der Waals surface area (Å²) in [5, 5.41) is 11.7. The molecule has 8 nitrogen and oxygen atoms in total. The lowest BCUT2D eigenvalue weighted by atomic mass is 9.98. The summed E-state index contributed by atoms with van der Waals surface area (Å²) in [5.41, 5.74) is 0. The molecule has 1 unspecified atom stereocenters. The first-order chi connectivity index (χ1) is 11.3. The standard InChI is InChI=1S/C16H27N3O5/c1-3-17-13(20)7-4-8-14(21)18(2)11-15(22)19-9-5-6-12(10-19)16(23)24/h12H,3-11H2,1-2H3,(H,17,20)(H,23,24). The van der Waals surface area contributed by atoms with Crippen LogP contribution in [0.1, 0.15) is 39.0 Å². The van der Waals surface area contributed by atoms with Gasteiger partial charge in [0.05, 0.1) is 12.5 Å². The summed E-state index contributed by atoms with van der Waals surface area (Å²) in [5.74, 6) is -1.93. The Kier molecular flexibility index (Phi) is 8.21. The molecule has 1 aliphatic rings. The van der Waals surface area contributed by atoms with Crippen LogP contribution in [-0.2, 0) is 19.2 Å². The number of likely N-dealkylation sites (tertiary alicyclic amines) is 1. The van der Waals surface area contributed by atoms with Gasteiger partial charge in [-0.05, 0) is 26.2 Å². The Morgan fingerprint density at radius 1 is 1.25 bits per heavy atom. The summed E-state index contributed by atoms with van der Waals surface area (Å²) >= 11 is 0. The topological polar surface area (TPSA) is 107 Å². The van der Waals surface area contributed by atoms with Crippen molar-refractivity contribution in [2.75, 3.05) is 33.2 Å². The maximum Gasteiger partial charge on any atom is 0.308 e. The van der Waals surface area contributed by atoms with E-state index in [1.165, 1.54) is 9.80 Å². The Bertz CT molecular complexity index is 480. The summed E-state index contributed by atoms with van der Waals surface area (Å²) in [6.07, 6.45) is 2.17. The van der Waals surface area contributed by atoms with E-state index < -0.39 is 11.9 Å². The van der Waals surface area contributed by atoms with E-state index in [1.807, 2.05) is 6.92 Å². The number of amides is 3. The third-order valence-corrected chi connectivity index (χ3v) is 4.09. The molecule has 0 bridgehead atoms. The monoisotopic (exact) mass is 341 g/mol. The number of hydrogen-bond donors (Lipinski definition) is 2. The van der Waals surface area contributed by atoms with E-state index in [0.717, 1.165) is 0 Å². The molecular formula is C16H27N3O5. The van der Waals surface area contributed by atoms with Crippen LogP contribution in [0.25, 0.3) is 0 Å². The van der Waals surface area contributed by atoms with Gasteiger partial charge in [0.1, 0.15) is 0 Å². The van der Waals surface area contributed by atoms with Crippen molar-refractivity contribution in [3.8, 4) is 0 Å². The molecule has 1 rings (SSSR count). The molecule has 1 aliphatic heterocycles. The number of piperidine rings is 1. The van der Waals surface area contributed by atoms with Crippen molar-refractivity contribution in [2.24, 2.45) is 5.92 Å². The van der Waals surface area contributed by atoms with Gasteiger partial charge in [0.15, 0.2) is 0 Å². The van der Waals surface area contributed by atoms with Gasteiger partial charge in [-0.2, -0.15) is 0 Å². The van der Waals surface area contributed by atoms with Gasteiger partial charge in [0.2, 0.25) is 17.7 Å². The molecule has 0 aromatic carbocycles. The molecule has 24 heavy (non-hydrogen) atoms. The zero-order chi connectivity index (χ0) is 18.1. The number of carbonyl (C=O) groups excluding carboxylic acids is 3. The molecule has 0 radical (unpaired) electrons. The smallest absolute Gasteiger partial charge is 0.308 e. The van der Waals surface area contributed by atoms with E-state index in [1.54, 1.807) is 7.05 Å². The van der Waals surface area contributed by atoms with Gasteiger partial charge >= 0.3 is 5.97 Å². The van der Waals surface area contributed by atoms with Crippen molar-refractivity contribution < 1.29 is 24.3 Å². The van der Waals surface area contributed by atoms with Crippen LogP contribution in [0.2, 0.25) is 0 Å². The van der Waals surface area contributed by atoms with Crippen molar-refractivity contribution in [1.29, 1.82) is 0 Å². The molecule has 1 heterocycles. The molecule has 8 heteroatoms. The second-order valence-corrected chi connectivity index (χ2v) is 6.07. The first kappa shape index (κ1) is 19.9. The van der Waals surface area contributed by atoms with Gasteiger partial charge in [-0.25, -0.2) is 0 Å². The molecule has 1 fully saturated rings. The van der Waals surface area contributed by atoms with Crippen molar-refractivity contribution in [1.82, 2.24) is 15.1 Å². The van der Waals surface area contributed by atoms with Gasteiger partial charge in [0, 0.05) is 39.5 Å². The van der Waals surface area contributed by atoms with Gasteiger partial charge < -0.3 is 20.2 Å². The molecule has 1 saturated heterocycles. The van der Waals surface area contributed by atoms with Crippen LogP contribution in [0.4, 0.5) is 0 Å². The third-order valence-electron chi connectivity index (χ3n) is 4.09. The zero-order valence-electron chi connectivity index (χ0n) is 14.4. The lowest BCUT2D eigenvalue weighted by Crippen LogP contribution is -2.46. The third kappa shape index (κ3) is 6.55. The SMILES string of the molecule is CCNC(=O)CCCC(=O)N(C)CC(=O)N1CCCC(C(=O)O)C1. The van der Waals surface area contributed by atoms with E-state index >= 15 is 0 Å². The molecule has 0 spiro atoms. The van der Waals surface area contributed by atoms with Crippen molar-refractivity contribution >= 4 is 23.7 Å². The number of carbonyl (C=O) groups is 4. The molecule has 1 atom stereocenters. The molecule has 0 aromatic heterocycles. The largest absolute Gasteiger partial charge is 0.481 e. The molecule has 0 aromatic rings. The Balaban J connectivity index is 2.36. The average Bonchev–Trinajstić information content (AvgIpc) is 2.54. The maximum atomic E-state index is 12.2. The molecule has 2 N–H and O–H groups in total. The fraction of sp³-hybridized carbons (Fsp3) is 0.750. The molecule has 3 amide bonds. The maximum absolute atomic E-state index is 12.2. The highest BCUT2D eigenvalue weighted by atomic mass is 16.4. The zero-order valence-corrected chi connectivity index (χ0v) is 14.4. The summed E-state index contributed by atoms with van der Waals surface area (Å²) in [6, 6.07) is 0. The normalized spacial score (nSPS) is 17.2. The minimum atomic E-state index is -0.887. The molecule has 136 valence electrons. The van der Waals surface area contributed by atoms with Crippen LogP contribution in [0, 0.1) is 5.92 Å². The second-order valence-electron chi connectivity index (χ2n) is 6.07. The van der Waals surface area contributed by atoms with Crippen LogP contribution in [0.3, 0.4) is 0 Å². The number of carboxylic acid groups (broad SMARTS) is 1. The van der Waals surface area contributed by atoms with Crippen LogP contribution in [0.5, 0.6) is 0 Å². The van der Waals surface area contributed by atoms with E-state index in [0.29, 0.717) is 32.4 Å². The number of aliphatic carboxylic acids is 1. The van der Waals surface area contributed by atoms with Crippen LogP contribution in [-0.4, -0.2) is 71.8 Å². The molecule has 0 aliphatic carbocycles. The summed E-state index contributed by atoms with van der Waals surface area (Å²) in [4.78, 5) is 49.4. The highest BCUT2D eigenvalue weighted by molar-refractivity contribution is 5.85. The van der Waals surface area contributed by atoms with Crippen LogP contribution < -0.4 is 5.32 Å². The minimum absolute atomic E-state index is 0.0632. The average molecular weight is 341 g/mol. The first-order valence-electron chi connectivity index (χ1n) is 8.36. The number of hydrogen-bond acceptors (Lipinski definition) is 4. The predicted molar refractivity (Wildman–Crippen MR) is 87.1 cm³/mol. The summed E-state index contributed by atoms with van der Waals surface area (Å²) in [6.45, 7) is 3.06. The highest BCUT2D eigenvalue weighted by Crippen LogP contribution is 2.16. The van der Waals surface area contributed by atoms with Gasteiger partial charge in [-0.1, -0.05) is 0 Å². The Morgan fingerprint density at radius 3 is 2.58 bits per heavy atom. The Morgan fingerprint density at radius 2 is 1.96 bits per heavy atom. The van der Waals surface area contributed by atoms with Crippen molar-refractivity contribution in [3.05, 3.63) is 0 Å². The summed E-state index contributed by atoms with van der Waals surface area (Å²) < 4.78 is 0. The molecule has 0 saturated carbocycles. The fourth-order valence-electron chi connectivity index (χ4n) is 2.67. The summed E-state index contributed by atoms with van der Waals surface area (Å²) in [7, 11) is 1.55. The fourth-order valence-corrected chi connectivity index (χ4v) is 2.67. The van der Waals surface area contributed by atoms with Crippen LogP contribution >= 0.6 is 0 Å². The van der Waals surface area contributed by atoms with Crippen LogP contribution in [0.15, 0.2) is 0 Å². The van der Waals surface area contributed by atoms with E-state index in [4.69, 9.17) is 5.11 Å². The lowest BCUT2D eigenvalue weighted by molar-refractivity contribution is -0.147. The van der Waals surface area contributed by atoms with Gasteiger partial charge in [0.25, 0.3) is 0 Å². The predicted octanol–water partition coefficient (Wildman–Crippen LogP) is 0.0744. The van der Waals surface area contributed by atoms with Crippen molar-refractivity contribution in [2.45, 2.75) is 39.0 Å². The minimum Gasteiger partial charge on any atom is -0.481 e. The van der Waals surface area contributed by atoms with Gasteiger partial charge in [-0.15, -0.1) is 0 Å². The Labute approximate surface area is 142 Å². The van der Waals surface area contributed by atoms with Crippen molar-refractivity contribution in [3.63, 3.8) is 0 Å². The quantitative estimate of drug-likeness (QED) is 0.650. The van der Waals surface area contributed by atoms with E-state index in [2.05, 4.69) is 5.32 Å². The number of nitrogens with zero attached hydrogens (tertiary/aromatic N) is 2. The molecular weight excluding hydrogens is 314 g/mol. The number of rotatable bonds is 8. The Hall–Kier alpha value is -2.12. The number of carboxylic acids is 1. The first-order valence-corrected chi connectivity index (χ1v) is 8.36. The number of nitrogens with one attached hydrogen (secondary N) is 1. The highest BCUT2D eigenvalue weighted by Gasteiger charge is 2.28. The lowest BCUT2D eigenvalue weighted by Gasteiger charge is -2.32. The second kappa shape index (κ2) is 9.89. The number of likely N-dealkylation sites (N-methyl/N-ethyl adjacent to an activating group) is 1. The van der Waals surface area contributed by atoms with Gasteiger partial charge in [-0.3, -0.25) is 19.2 Å².